The van der Waals surface area contributed by atoms with E-state index in [1.54, 1.807) is 7.11 Å². The zero-order valence-electron chi connectivity index (χ0n) is 10.2. The van der Waals surface area contributed by atoms with Crippen molar-refractivity contribution in [3.8, 4) is 5.75 Å². The molecule has 2 unspecified atom stereocenters. The molecule has 0 heterocycles. The summed E-state index contributed by atoms with van der Waals surface area (Å²) in [4.78, 5) is 0. The Hall–Kier alpha value is -0.580. The van der Waals surface area contributed by atoms with Gasteiger partial charge in [-0.1, -0.05) is 19.4 Å². The maximum atomic E-state index is 9.82. The van der Waals surface area contributed by atoms with E-state index in [1.165, 1.54) is 0 Å². The highest BCUT2D eigenvalue weighted by atomic mass is 79.9. The van der Waals surface area contributed by atoms with Gasteiger partial charge >= 0.3 is 0 Å². The summed E-state index contributed by atoms with van der Waals surface area (Å²) in [6.45, 7) is 1.99. The first-order chi connectivity index (χ1) is 8.08. The Bertz CT molecular complexity index is 355. The molecule has 17 heavy (non-hydrogen) atoms. The Labute approximate surface area is 111 Å². The van der Waals surface area contributed by atoms with Gasteiger partial charge in [-0.05, 0) is 40.0 Å². The fourth-order valence-corrected chi connectivity index (χ4v) is 2.29. The first-order valence-electron chi connectivity index (χ1n) is 5.77. The lowest BCUT2D eigenvalue weighted by molar-refractivity contribution is 0.0148. The number of aliphatic hydroxyl groups is 2. The van der Waals surface area contributed by atoms with Gasteiger partial charge < -0.3 is 14.9 Å². The van der Waals surface area contributed by atoms with Crippen molar-refractivity contribution in [3.05, 3.63) is 28.2 Å². The number of rotatable bonds is 6. The summed E-state index contributed by atoms with van der Waals surface area (Å²) in [5.74, 6) is 0.761. The molecule has 0 saturated heterocycles. The third-order valence-corrected chi connectivity index (χ3v) is 3.31. The number of methoxy groups -OCH3 is 1. The van der Waals surface area contributed by atoms with Gasteiger partial charge in [0.25, 0.3) is 0 Å². The molecular weight excluding hydrogens is 284 g/mol. The van der Waals surface area contributed by atoms with Crippen LogP contribution in [0.15, 0.2) is 22.7 Å². The standard InChI is InChI=1S/C13H19BrO3/c1-3-4-11(15)12(16)8-9-5-6-13(17-2)10(14)7-9/h5-7,11-12,15-16H,3-4,8H2,1-2H3. The molecule has 0 bridgehead atoms. The lowest BCUT2D eigenvalue weighted by Gasteiger charge is -2.17. The molecule has 96 valence electrons. The van der Waals surface area contributed by atoms with Crippen molar-refractivity contribution in [3.63, 3.8) is 0 Å². The number of halogens is 1. The Morgan fingerprint density at radius 2 is 2.00 bits per heavy atom. The van der Waals surface area contributed by atoms with Crippen molar-refractivity contribution in [1.29, 1.82) is 0 Å². The zero-order valence-corrected chi connectivity index (χ0v) is 11.8. The topological polar surface area (TPSA) is 49.7 Å². The van der Waals surface area contributed by atoms with E-state index < -0.39 is 12.2 Å². The molecule has 1 aromatic rings. The van der Waals surface area contributed by atoms with Gasteiger partial charge in [0.05, 0.1) is 23.8 Å². The molecule has 3 nitrogen and oxygen atoms in total. The maximum Gasteiger partial charge on any atom is 0.133 e. The molecule has 1 aromatic carbocycles. The van der Waals surface area contributed by atoms with Crippen molar-refractivity contribution in [1.82, 2.24) is 0 Å². The van der Waals surface area contributed by atoms with Crippen LogP contribution in [0.25, 0.3) is 0 Å². The van der Waals surface area contributed by atoms with Crippen molar-refractivity contribution >= 4 is 15.9 Å². The fraction of sp³-hybridized carbons (Fsp3) is 0.538. The van der Waals surface area contributed by atoms with E-state index in [4.69, 9.17) is 4.74 Å². The van der Waals surface area contributed by atoms with Crippen molar-refractivity contribution in [2.75, 3.05) is 7.11 Å². The molecule has 4 heteroatoms. The Balaban J connectivity index is 2.65. The minimum Gasteiger partial charge on any atom is -0.496 e. The fourth-order valence-electron chi connectivity index (χ4n) is 1.70. The third-order valence-electron chi connectivity index (χ3n) is 2.69. The summed E-state index contributed by atoms with van der Waals surface area (Å²) in [6, 6.07) is 5.64. The van der Waals surface area contributed by atoms with Crippen LogP contribution in [0.4, 0.5) is 0 Å². The van der Waals surface area contributed by atoms with Gasteiger partial charge in [0.2, 0.25) is 0 Å². The minimum absolute atomic E-state index is 0.448. The van der Waals surface area contributed by atoms with Crippen LogP contribution in [0.5, 0.6) is 5.75 Å². The molecule has 0 amide bonds. The van der Waals surface area contributed by atoms with E-state index in [-0.39, 0.29) is 0 Å². The Morgan fingerprint density at radius 3 is 2.53 bits per heavy atom. The number of ether oxygens (including phenoxy) is 1. The highest BCUT2D eigenvalue weighted by Gasteiger charge is 2.16. The number of benzene rings is 1. The van der Waals surface area contributed by atoms with Gasteiger partial charge in [-0.25, -0.2) is 0 Å². The Kier molecular flexibility index (Phi) is 5.95. The summed E-state index contributed by atoms with van der Waals surface area (Å²) in [6.07, 6.45) is 0.573. The second-order valence-corrected chi connectivity index (χ2v) is 4.95. The molecule has 0 spiro atoms. The van der Waals surface area contributed by atoms with Crippen LogP contribution < -0.4 is 4.74 Å². The van der Waals surface area contributed by atoms with Gasteiger partial charge in [0.15, 0.2) is 0 Å². The second-order valence-electron chi connectivity index (χ2n) is 4.10. The number of hydrogen-bond donors (Lipinski definition) is 2. The predicted molar refractivity (Wildman–Crippen MR) is 71.3 cm³/mol. The number of hydrogen-bond acceptors (Lipinski definition) is 3. The SMILES string of the molecule is CCCC(O)C(O)Cc1ccc(OC)c(Br)c1. The molecule has 1 rings (SSSR count). The van der Waals surface area contributed by atoms with Crippen LogP contribution >= 0.6 is 15.9 Å². The summed E-state index contributed by atoms with van der Waals surface area (Å²) in [5.41, 5.74) is 0.973. The van der Waals surface area contributed by atoms with Crippen LogP contribution in [0.2, 0.25) is 0 Å². The summed E-state index contributed by atoms with van der Waals surface area (Å²) in [7, 11) is 1.61. The largest absolute Gasteiger partial charge is 0.496 e. The molecule has 2 N–H and O–H groups in total. The monoisotopic (exact) mass is 302 g/mol. The van der Waals surface area contributed by atoms with Gasteiger partial charge in [-0.2, -0.15) is 0 Å². The molecule has 0 fully saturated rings. The lowest BCUT2D eigenvalue weighted by Crippen LogP contribution is -2.27. The van der Waals surface area contributed by atoms with Crippen LogP contribution in [0, 0.1) is 0 Å². The van der Waals surface area contributed by atoms with Crippen LogP contribution in [-0.4, -0.2) is 29.5 Å². The smallest absolute Gasteiger partial charge is 0.133 e. The van der Waals surface area contributed by atoms with Crippen molar-refractivity contribution in [2.45, 2.75) is 38.4 Å². The number of aliphatic hydroxyl groups excluding tert-OH is 2. The molecule has 0 saturated carbocycles. The first-order valence-corrected chi connectivity index (χ1v) is 6.56. The zero-order chi connectivity index (χ0) is 12.8. The summed E-state index contributed by atoms with van der Waals surface area (Å²) < 4.78 is 5.99. The molecule has 0 aromatic heterocycles. The molecule has 0 aliphatic carbocycles. The minimum atomic E-state index is -0.713. The summed E-state index contributed by atoms with van der Waals surface area (Å²) >= 11 is 3.40. The average molecular weight is 303 g/mol. The van der Waals surface area contributed by atoms with Gasteiger partial charge in [0.1, 0.15) is 5.75 Å². The van der Waals surface area contributed by atoms with E-state index >= 15 is 0 Å². The van der Waals surface area contributed by atoms with E-state index in [0.717, 1.165) is 22.2 Å². The lowest BCUT2D eigenvalue weighted by atomic mass is 10.0. The van der Waals surface area contributed by atoms with E-state index in [1.807, 2.05) is 25.1 Å². The Morgan fingerprint density at radius 1 is 1.29 bits per heavy atom. The van der Waals surface area contributed by atoms with Crippen molar-refractivity contribution < 1.29 is 14.9 Å². The van der Waals surface area contributed by atoms with Crippen molar-refractivity contribution in [2.24, 2.45) is 0 Å². The average Bonchev–Trinajstić information content (AvgIpc) is 2.29. The van der Waals surface area contributed by atoms with Crippen LogP contribution in [0.3, 0.4) is 0 Å². The molecule has 0 radical (unpaired) electrons. The molecule has 0 aliphatic heterocycles. The predicted octanol–water partition coefficient (Wildman–Crippen LogP) is 2.52. The van der Waals surface area contributed by atoms with Gasteiger partial charge in [-0.3, -0.25) is 0 Å². The third kappa shape index (κ3) is 4.30. The van der Waals surface area contributed by atoms with Gasteiger partial charge in [-0.15, -0.1) is 0 Å². The van der Waals surface area contributed by atoms with Crippen LogP contribution in [0.1, 0.15) is 25.3 Å². The van der Waals surface area contributed by atoms with Gasteiger partial charge in [0, 0.05) is 6.42 Å². The first kappa shape index (κ1) is 14.5. The van der Waals surface area contributed by atoms with E-state index in [0.29, 0.717) is 12.8 Å². The van der Waals surface area contributed by atoms with E-state index in [9.17, 15) is 10.2 Å². The molecular formula is C13H19BrO3. The second kappa shape index (κ2) is 6.99. The highest BCUT2D eigenvalue weighted by molar-refractivity contribution is 9.10. The normalized spacial score (nSPS) is 14.4. The summed E-state index contributed by atoms with van der Waals surface area (Å²) in [5, 5.41) is 19.5. The quantitative estimate of drug-likeness (QED) is 0.849. The van der Waals surface area contributed by atoms with Crippen LogP contribution in [-0.2, 0) is 6.42 Å². The highest BCUT2D eigenvalue weighted by Crippen LogP contribution is 2.26. The maximum absolute atomic E-state index is 9.82. The van der Waals surface area contributed by atoms with E-state index in [2.05, 4.69) is 15.9 Å². The molecule has 0 aliphatic rings. The molecule has 2 atom stereocenters.